The molecular weight excluding hydrogens is 468 g/mol. The molecule has 34 heavy (non-hydrogen) atoms. The molecule has 1 atom stereocenters. The maximum Gasteiger partial charge on any atom is 0.323 e. The highest BCUT2D eigenvalue weighted by Gasteiger charge is 2.58. The van der Waals surface area contributed by atoms with Crippen LogP contribution in [0.4, 0.5) is 26.3 Å². The molecule has 4 aromatic rings. The highest BCUT2D eigenvalue weighted by molar-refractivity contribution is 5.34. The van der Waals surface area contributed by atoms with Gasteiger partial charge in [0.1, 0.15) is 35.2 Å². The van der Waals surface area contributed by atoms with Crippen LogP contribution in [-0.2, 0) is 18.1 Å². The van der Waals surface area contributed by atoms with Crippen LogP contribution >= 0.6 is 0 Å². The summed E-state index contributed by atoms with van der Waals surface area (Å²) >= 11 is 0. The van der Waals surface area contributed by atoms with Crippen molar-refractivity contribution in [2.45, 2.75) is 18.1 Å². The zero-order valence-corrected chi connectivity index (χ0v) is 16.8. The van der Waals surface area contributed by atoms with Crippen molar-refractivity contribution in [3.8, 4) is 11.5 Å². The summed E-state index contributed by atoms with van der Waals surface area (Å²) in [5.74, 6) is -9.22. The lowest BCUT2D eigenvalue weighted by atomic mass is 9.84. The molecule has 2 aromatic heterocycles. The Hall–Kier alpha value is -4.00. The molecule has 0 fully saturated rings. The van der Waals surface area contributed by atoms with Crippen molar-refractivity contribution in [1.82, 2.24) is 25.2 Å². The van der Waals surface area contributed by atoms with Crippen molar-refractivity contribution in [1.29, 1.82) is 0 Å². The van der Waals surface area contributed by atoms with Crippen molar-refractivity contribution in [2.24, 2.45) is 0 Å². The fourth-order valence-electron chi connectivity index (χ4n) is 3.18. The van der Waals surface area contributed by atoms with E-state index in [0.29, 0.717) is 18.2 Å². The van der Waals surface area contributed by atoms with Gasteiger partial charge < -0.3 is 9.84 Å². The van der Waals surface area contributed by atoms with Crippen LogP contribution in [0.15, 0.2) is 61.1 Å². The Kier molecular flexibility index (Phi) is 5.96. The third kappa shape index (κ3) is 4.29. The van der Waals surface area contributed by atoms with E-state index in [1.54, 1.807) is 0 Å². The Bertz CT molecular complexity index is 1300. The number of halogens is 6. The van der Waals surface area contributed by atoms with Crippen LogP contribution in [0.1, 0.15) is 11.3 Å². The molecule has 4 rings (SSSR count). The third-order valence-corrected chi connectivity index (χ3v) is 4.86. The average Bonchev–Trinajstić information content (AvgIpc) is 3.29. The quantitative estimate of drug-likeness (QED) is 0.400. The molecule has 176 valence electrons. The molecule has 0 saturated carbocycles. The van der Waals surface area contributed by atoms with Gasteiger partial charge >= 0.3 is 5.92 Å². The van der Waals surface area contributed by atoms with E-state index >= 15 is 8.78 Å². The number of hydrogen-bond acceptors (Lipinski definition) is 6. The number of alkyl halides is 2. The molecule has 1 unspecified atom stereocenters. The smallest absolute Gasteiger partial charge is 0.323 e. The number of pyridine rings is 1. The van der Waals surface area contributed by atoms with Crippen molar-refractivity contribution < 1.29 is 36.2 Å². The number of hydrogen-bond donors (Lipinski definition) is 1. The summed E-state index contributed by atoms with van der Waals surface area (Å²) in [5, 5.41) is 21.1. The molecule has 0 aliphatic rings. The van der Waals surface area contributed by atoms with Crippen LogP contribution in [0.3, 0.4) is 0 Å². The monoisotopic (exact) mass is 481 g/mol. The lowest BCUT2D eigenvalue weighted by Crippen LogP contribution is -2.48. The summed E-state index contributed by atoms with van der Waals surface area (Å²) < 4.78 is 91.5. The number of benzene rings is 2. The molecule has 0 amide bonds. The van der Waals surface area contributed by atoms with Crippen LogP contribution in [0.25, 0.3) is 0 Å². The van der Waals surface area contributed by atoms with Crippen molar-refractivity contribution >= 4 is 0 Å². The number of nitrogens with zero attached hydrogens (tertiary/aromatic N) is 5. The minimum absolute atomic E-state index is 0.109. The molecule has 0 aliphatic carbocycles. The summed E-state index contributed by atoms with van der Waals surface area (Å²) in [6.45, 7) is -1.01. The van der Waals surface area contributed by atoms with Gasteiger partial charge in [0.25, 0.3) is 0 Å². The van der Waals surface area contributed by atoms with Crippen molar-refractivity contribution in [3.63, 3.8) is 0 Å². The molecule has 1 N–H and O–H groups in total. The summed E-state index contributed by atoms with van der Waals surface area (Å²) in [5.41, 5.74) is -5.21. The van der Waals surface area contributed by atoms with Crippen LogP contribution in [0.5, 0.6) is 11.5 Å². The van der Waals surface area contributed by atoms with Gasteiger partial charge in [-0.3, -0.25) is 4.98 Å². The van der Waals surface area contributed by atoms with Gasteiger partial charge in [-0.1, -0.05) is 0 Å². The molecule has 2 aromatic carbocycles. The zero-order chi connectivity index (χ0) is 24.5. The second kappa shape index (κ2) is 8.74. The first-order valence-corrected chi connectivity index (χ1v) is 9.46. The molecule has 0 spiro atoms. The number of ether oxygens (including phenoxy) is 1. The molecule has 0 bridgehead atoms. The molecular formula is C21H13F6N5O2. The lowest BCUT2D eigenvalue weighted by molar-refractivity contribution is -0.207. The fraction of sp³-hybridized carbons (Fsp3) is 0.143. The first-order chi connectivity index (χ1) is 16.1. The summed E-state index contributed by atoms with van der Waals surface area (Å²) in [6.07, 6.45) is 1.78. The van der Waals surface area contributed by atoms with Crippen LogP contribution in [-0.4, -0.2) is 30.3 Å². The zero-order valence-electron chi connectivity index (χ0n) is 16.8. The van der Waals surface area contributed by atoms with E-state index in [9.17, 15) is 22.7 Å². The van der Waals surface area contributed by atoms with Gasteiger partial charge in [-0.15, -0.1) is 5.10 Å². The average molecular weight is 481 g/mol. The van der Waals surface area contributed by atoms with E-state index < -0.39 is 52.6 Å². The van der Waals surface area contributed by atoms with Gasteiger partial charge in [-0.05, 0) is 46.8 Å². The number of rotatable bonds is 7. The normalized spacial score (nSPS) is 13.5. The van der Waals surface area contributed by atoms with Crippen LogP contribution < -0.4 is 4.74 Å². The van der Waals surface area contributed by atoms with E-state index in [1.165, 1.54) is 0 Å². The van der Waals surface area contributed by atoms with E-state index in [1.807, 2.05) is 0 Å². The Labute approximate surface area is 187 Å². The van der Waals surface area contributed by atoms with E-state index in [-0.39, 0.29) is 11.5 Å². The Morgan fingerprint density at radius 3 is 2.26 bits per heavy atom. The van der Waals surface area contributed by atoms with Gasteiger partial charge in [0.15, 0.2) is 17.2 Å². The largest absolute Gasteiger partial charge is 0.456 e. The maximum atomic E-state index is 15.6. The van der Waals surface area contributed by atoms with Crippen LogP contribution in [0, 0.1) is 23.3 Å². The van der Waals surface area contributed by atoms with E-state index in [2.05, 4.69) is 20.5 Å². The Morgan fingerprint density at radius 2 is 1.65 bits per heavy atom. The predicted octanol–water partition coefficient (Wildman–Crippen LogP) is 4.10. The lowest BCUT2D eigenvalue weighted by Gasteiger charge is -2.35. The van der Waals surface area contributed by atoms with Gasteiger partial charge in [0.2, 0.25) is 0 Å². The number of aliphatic hydroxyl groups is 1. The molecule has 2 heterocycles. The number of tetrazole rings is 1. The fourth-order valence-corrected chi connectivity index (χ4v) is 3.18. The van der Waals surface area contributed by atoms with Gasteiger partial charge in [0.05, 0.1) is 12.7 Å². The second-order valence-electron chi connectivity index (χ2n) is 7.12. The SMILES string of the molecule is OC(Cn1cnnn1)(c1ccc(F)cc1F)C(F)(F)c1ccc(Oc2ccc(F)c(F)c2)cn1. The highest BCUT2D eigenvalue weighted by Crippen LogP contribution is 2.46. The summed E-state index contributed by atoms with van der Waals surface area (Å²) in [6, 6.07) is 6.26. The Balaban J connectivity index is 1.70. The summed E-state index contributed by atoms with van der Waals surface area (Å²) in [4.78, 5) is 3.59. The van der Waals surface area contributed by atoms with Crippen LogP contribution in [0.2, 0.25) is 0 Å². The van der Waals surface area contributed by atoms with Crippen molar-refractivity contribution in [2.75, 3.05) is 0 Å². The molecule has 13 heteroatoms. The van der Waals surface area contributed by atoms with E-state index in [0.717, 1.165) is 47.5 Å². The topological polar surface area (TPSA) is 86.0 Å². The molecule has 0 radical (unpaired) electrons. The number of aromatic nitrogens is 5. The molecule has 0 aliphatic heterocycles. The van der Waals surface area contributed by atoms with E-state index in [4.69, 9.17) is 4.74 Å². The Morgan fingerprint density at radius 1 is 0.882 bits per heavy atom. The van der Waals surface area contributed by atoms with Gasteiger partial charge in [0, 0.05) is 17.7 Å². The highest BCUT2D eigenvalue weighted by atomic mass is 19.3. The first-order valence-electron chi connectivity index (χ1n) is 9.46. The minimum Gasteiger partial charge on any atom is -0.456 e. The van der Waals surface area contributed by atoms with Gasteiger partial charge in [-0.25, -0.2) is 22.2 Å². The predicted molar refractivity (Wildman–Crippen MR) is 103 cm³/mol. The standard InChI is InChI=1S/C21H13F6N5O2/c22-12-1-4-15(17(24)7-12)20(33,10-32-11-29-30-31-32)21(26,27)19-6-3-14(9-28-19)34-13-2-5-16(23)18(25)8-13/h1-9,11,33H,10H2. The van der Waals surface area contributed by atoms with Crippen molar-refractivity contribution in [3.05, 3.63) is 95.6 Å². The minimum atomic E-state index is -4.25. The second-order valence-corrected chi connectivity index (χ2v) is 7.12. The summed E-state index contributed by atoms with van der Waals surface area (Å²) in [7, 11) is 0. The molecule has 0 saturated heterocycles. The third-order valence-electron chi connectivity index (χ3n) is 4.86. The first kappa shape index (κ1) is 23.2. The van der Waals surface area contributed by atoms with Gasteiger partial charge in [-0.2, -0.15) is 8.78 Å². The molecule has 7 nitrogen and oxygen atoms in total. The maximum absolute atomic E-state index is 15.6.